The molecular weight excluding hydrogens is 182 g/mol. The van der Waals surface area contributed by atoms with Crippen molar-refractivity contribution in [3.63, 3.8) is 0 Å². The summed E-state index contributed by atoms with van der Waals surface area (Å²) in [5, 5.41) is 11.2. The zero-order valence-electron chi connectivity index (χ0n) is 8.45. The molecule has 1 fully saturated rings. The molecule has 0 spiro atoms. The average Bonchev–Trinajstić information content (AvgIpc) is 2.84. The lowest BCUT2D eigenvalue weighted by Crippen LogP contribution is -2.33. The summed E-state index contributed by atoms with van der Waals surface area (Å²) in [5.74, 6) is -0.166. The minimum absolute atomic E-state index is 0.0302. The topological polar surface area (TPSA) is 66.4 Å². The van der Waals surface area contributed by atoms with Gasteiger partial charge in [-0.15, -0.1) is 0 Å². The lowest BCUT2D eigenvalue weighted by molar-refractivity contribution is -0.137. The van der Waals surface area contributed by atoms with Crippen LogP contribution in [0.2, 0.25) is 0 Å². The Bertz CT molecular complexity index is 223. The van der Waals surface area contributed by atoms with Crippen molar-refractivity contribution in [3.8, 4) is 0 Å². The quantitative estimate of drug-likeness (QED) is 0.674. The molecule has 2 N–H and O–H groups in total. The van der Waals surface area contributed by atoms with Gasteiger partial charge in [-0.2, -0.15) is 0 Å². The van der Waals surface area contributed by atoms with Gasteiger partial charge in [0, 0.05) is 18.9 Å². The first-order valence-corrected chi connectivity index (χ1v) is 5.09. The van der Waals surface area contributed by atoms with Crippen LogP contribution in [0, 0.1) is 5.92 Å². The maximum absolute atomic E-state index is 11.3. The molecule has 0 heterocycles. The number of hydrogen-bond donors (Lipinski definition) is 2. The third kappa shape index (κ3) is 4.84. The number of carboxylic acid groups (broad SMARTS) is 1. The average molecular weight is 199 g/mol. The third-order valence-electron chi connectivity index (χ3n) is 2.37. The summed E-state index contributed by atoms with van der Waals surface area (Å²) in [6, 6.07) is -0.0302. The number of hydrogen-bond acceptors (Lipinski definition) is 2. The first-order valence-electron chi connectivity index (χ1n) is 5.09. The summed E-state index contributed by atoms with van der Waals surface area (Å²) in [6.07, 6.45) is 3.56. The van der Waals surface area contributed by atoms with Crippen LogP contribution in [-0.2, 0) is 9.59 Å². The lowest BCUT2D eigenvalue weighted by Gasteiger charge is -2.12. The van der Waals surface area contributed by atoms with E-state index in [-0.39, 0.29) is 18.4 Å². The van der Waals surface area contributed by atoms with E-state index in [1.807, 2.05) is 6.92 Å². The van der Waals surface area contributed by atoms with Gasteiger partial charge in [0.05, 0.1) is 0 Å². The Kier molecular flexibility index (Phi) is 3.92. The fourth-order valence-electron chi connectivity index (χ4n) is 1.33. The van der Waals surface area contributed by atoms with Gasteiger partial charge in [-0.05, 0) is 32.1 Å². The monoisotopic (exact) mass is 199 g/mol. The zero-order chi connectivity index (χ0) is 10.6. The smallest absolute Gasteiger partial charge is 0.303 e. The van der Waals surface area contributed by atoms with E-state index in [2.05, 4.69) is 5.32 Å². The van der Waals surface area contributed by atoms with Gasteiger partial charge in [0.2, 0.25) is 5.91 Å². The third-order valence-corrected chi connectivity index (χ3v) is 2.37. The van der Waals surface area contributed by atoms with Crippen LogP contribution in [0.15, 0.2) is 0 Å². The Balaban J connectivity index is 2.08. The minimum atomic E-state index is -0.812. The Morgan fingerprint density at radius 2 is 2.14 bits per heavy atom. The van der Waals surface area contributed by atoms with Gasteiger partial charge in [-0.25, -0.2) is 0 Å². The molecule has 4 heteroatoms. The molecule has 1 saturated carbocycles. The molecule has 4 nitrogen and oxygen atoms in total. The second-order valence-electron chi connectivity index (χ2n) is 4.05. The summed E-state index contributed by atoms with van der Waals surface area (Å²) >= 11 is 0. The Hall–Kier alpha value is -1.06. The van der Waals surface area contributed by atoms with E-state index in [4.69, 9.17) is 5.11 Å². The van der Waals surface area contributed by atoms with Crippen molar-refractivity contribution in [2.24, 2.45) is 5.92 Å². The first kappa shape index (κ1) is 11.0. The number of aliphatic carboxylic acids is 1. The summed E-state index contributed by atoms with van der Waals surface area (Å²) < 4.78 is 0. The van der Waals surface area contributed by atoms with E-state index in [9.17, 15) is 9.59 Å². The normalized spacial score (nSPS) is 17.5. The lowest BCUT2D eigenvalue weighted by atomic mass is 10.1. The molecule has 0 aliphatic heterocycles. The van der Waals surface area contributed by atoms with Gasteiger partial charge in [-0.1, -0.05) is 0 Å². The van der Waals surface area contributed by atoms with Crippen LogP contribution < -0.4 is 5.32 Å². The highest BCUT2D eigenvalue weighted by Crippen LogP contribution is 2.32. The number of rotatable bonds is 6. The van der Waals surface area contributed by atoms with E-state index in [1.54, 1.807) is 0 Å². The largest absolute Gasteiger partial charge is 0.481 e. The maximum Gasteiger partial charge on any atom is 0.303 e. The summed E-state index contributed by atoms with van der Waals surface area (Å²) in [4.78, 5) is 21.6. The fraction of sp³-hybridized carbons (Fsp3) is 0.800. The highest BCUT2D eigenvalue weighted by Gasteiger charge is 2.24. The molecule has 14 heavy (non-hydrogen) atoms. The first-order chi connectivity index (χ1) is 6.58. The predicted molar refractivity (Wildman–Crippen MR) is 51.8 cm³/mol. The van der Waals surface area contributed by atoms with Crippen molar-refractivity contribution in [1.82, 2.24) is 5.32 Å². The van der Waals surface area contributed by atoms with Crippen molar-refractivity contribution in [2.75, 3.05) is 0 Å². The Labute approximate surface area is 83.7 Å². The van der Waals surface area contributed by atoms with Crippen molar-refractivity contribution in [3.05, 3.63) is 0 Å². The molecule has 0 aromatic rings. The highest BCUT2D eigenvalue weighted by atomic mass is 16.4. The molecule has 1 rings (SSSR count). The Morgan fingerprint density at radius 1 is 1.50 bits per heavy atom. The van der Waals surface area contributed by atoms with Crippen LogP contribution in [-0.4, -0.2) is 23.0 Å². The van der Waals surface area contributed by atoms with E-state index in [0.717, 1.165) is 12.8 Å². The molecule has 1 amide bonds. The van der Waals surface area contributed by atoms with Crippen molar-refractivity contribution in [2.45, 2.75) is 45.1 Å². The van der Waals surface area contributed by atoms with Gasteiger partial charge in [0.25, 0.3) is 0 Å². The summed E-state index contributed by atoms with van der Waals surface area (Å²) in [5.41, 5.74) is 0. The van der Waals surface area contributed by atoms with Crippen LogP contribution in [0.1, 0.15) is 39.0 Å². The van der Waals surface area contributed by atoms with Crippen LogP contribution in [0.3, 0.4) is 0 Å². The van der Waals surface area contributed by atoms with E-state index in [1.165, 1.54) is 0 Å². The number of nitrogens with one attached hydrogen (secondary N) is 1. The van der Waals surface area contributed by atoms with Crippen molar-refractivity contribution < 1.29 is 14.7 Å². The predicted octanol–water partition coefficient (Wildman–Crippen LogP) is 1.16. The van der Waals surface area contributed by atoms with Crippen LogP contribution in [0.5, 0.6) is 0 Å². The number of carbonyl (C=O) groups excluding carboxylic acids is 1. The number of amides is 1. The minimum Gasteiger partial charge on any atom is -0.481 e. The van der Waals surface area contributed by atoms with Crippen molar-refractivity contribution >= 4 is 11.9 Å². The van der Waals surface area contributed by atoms with Crippen LogP contribution in [0.25, 0.3) is 0 Å². The number of carboxylic acids is 1. The fourth-order valence-corrected chi connectivity index (χ4v) is 1.33. The van der Waals surface area contributed by atoms with Crippen LogP contribution in [0.4, 0.5) is 0 Å². The molecule has 0 radical (unpaired) electrons. The van der Waals surface area contributed by atoms with Crippen molar-refractivity contribution in [1.29, 1.82) is 0 Å². The molecule has 80 valence electrons. The molecule has 1 aliphatic carbocycles. The van der Waals surface area contributed by atoms with Crippen LogP contribution >= 0.6 is 0 Å². The molecule has 0 bridgehead atoms. The summed E-state index contributed by atoms with van der Waals surface area (Å²) in [6.45, 7) is 1.84. The standard InChI is InChI=1S/C10H17NO3/c1-7(2-5-10(13)14)11-9(12)6-8-3-4-8/h7-8H,2-6H2,1H3,(H,11,12)(H,13,14). The van der Waals surface area contributed by atoms with Gasteiger partial charge < -0.3 is 10.4 Å². The maximum atomic E-state index is 11.3. The van der Waals surface area contributed by atoms with Gasteiger partial charge in [-0.3, -0.25) is 9.59 Å². The second-order valence-corrected chi connectivity index (χ2v) is 4.05. The van der Waals surface area contributed by atoms with E-state index in [0.29, 0.717) is 18.8 Å². The molecule has 1 unspecified atom stereocenters. The zero-order valence-corrected chi connectivity index (χ0v) is 8.45. The Morgan fingerprint density at radius 3 is 2.64 bits per heavy atom. The number of carbonyl (C=O) groups is 2. The molecule has 0 saturated heterocycles. The molecule has 0 aromatic carbocycles. The highest BCUT2D eigenvalue weighted by molar-refractivity contribution is 5.76. The molecule has 1 atom stereocenters. The molecule has 1 aliphatic rings. The van der Waals surface area contributed by atoms with Gasteiger partial charge in [0.15, 0.2) is 0 Å². The SMILES string of the molecule is CC(CCC(=O)O)NC(=O)CC1CC1. The summed E-state index contributed by atoms with van der Waals surface area (Å²) in [7, 11) is 0. The van der Waals surface area contributed by atoms with E-state index < -0.39 is 5.97 Å². The molecular formula is C10H17NO3. The second kappa shape index (κ2) is 4.98. The molecule has 0 aromatic heterocycles. The van der Waals surface area contributed by atoms with Gasteiger partial charge in [0.1, 0.15) is 0 Å². The van der Waals surface area contributed by atoms with Gasteiger partial charge >= 0.3 is 5.97 Å². The van der Waals surface area contributed by atoms with E-state index >= 15 is 0 Å².